The fourth-order valence-corrected chi connectivity index (χ4v) is 2.31. The minimum atomic E-state index is -0.314. The van der Waals surface area contributed by atoms with Crippen molar-refractivity contribution in [2.45, 2.75) is 17.7 Å². The molecule has 0 aliphatic heterocycles. The highest BCUT2D eigenvalue weighted by atomic mass is 32.2. The number of hydrogen-bond donors (Lipinski definition) is 1. The third-order valence-electron chi connectivity index (χ3n) is 2.45. The summed E-state index contributed by atoms with van der Waals surface area (Å²) in [6.45, 7) is 2.12. The molecule has 4 heteroatoms. The van der Waals surface area contributed by atoms with Crippen molar-refractivity contribution < 1.29 is 0 Å². The summed E-state index contributed by atoms with van der Waals surface area (Å²) in [5, 5.41) is 9.21. The largest absolute Gasteiger partial charge is 0.347 e. The molecule has 86 valence electrons. The van der Waals surface area contributed by atoms with Gasteiger partial charge in [-0.2, -0.15) is 5.26 Å². The highest BCUT2D eigenvalue weighted by Crippen LogP contribution is 2.24. The first-order chi connectivity index (χ1) is 8.35. The second-order valence-corrected chi connectivity index (χ2v) is 4.88. The van der Waals surface area contributed by atoms with E-state index in [0.717, 1.165) is 11.3 Å². The summed E-state index contributed by atoms with van der Waals surface area (Å²) in [4.78, 5) is 8.36. The van der Waals surface area contributed by atoms with Crippen LogP contribution in [0.15, 0.2) is 41.6 Å². The van der Waals surface area contributed by atoms with Crippen LogP contribution in [0, 0.1) is 11.3 Å². The first-order valence-corrected chi connectivity index (χ1v) is 6.45. The van der Waals surface area contributed by atoms with E-state index in [1.54, 1.807) is 24.2 Å². The quantitative estimate of drug-likeness (QED) is 0.839. The molecule has 1 atom stereocenters. The molecular formula is C13H13N3S. The molecule has 0 aliphatic carbocycles. The Bertz CT molecular complexity index is 496. The number of thioether (sulfide) groups is 1. The Morgan fingerprint density at radius 3 is 2.71 bits per heavy atom. The van der Waals surface area contributed by atoms with E-state index in [2.05, 4.69) is 35.1 Å². The van der Waals surface area contributed by atoms with Crippen LogP contribution >= 0.6 is 11.8 Å². The molecule has 0 saturated carbocycles. The van der Waals surface area contributed by atoms with Gasteiger partial charge in [0, 0.05) is 17.3 Å². The van der Waals surface area contributed by atoms with Crippen LogP contribution in [0.25, 0.3) is 0 Å². The number of rotatable bonds is 4. The molecule has 2 aromatic rings. The molecule has 1 N–H and O–H groups in total. The van der Waals surface area contributed by atoms with Gasteiger partial charge in [-0.05, 0) is 23.4 Å². The second kappa shape index (κ2) is 5.55. The Morgan fingerprint density at radius 2 is 2.18 bits per heavy atom. The molecular weight excluding hydrogens is 230 g/mol. The molecule has 17 heavy (non-hydrogen) atoms. The zero-order valence-electron chi connectivity index (χ0n) is 9.55. The molecule has 1 unspecified atom stereocenters. The van der Waals surface area contributed by atoms with Crippen molar-refractivity contribution in [2.24, 2.45) is 0 Å². The van der Waals surface area contributed by atoms with Crippen molar-refractivity contribution >= 4 is 11.8 Å². The average Bonchev–Trinajstić information content (AvgIpc) is 2.86. The lowest BCUT2D eigenvalue weighted by molar-refractivity contribution is 0.925. The number of hydrogen-bond acceptors (Lipinski definition) is 3. The number of imidazole rings is 1. The van der Waals surface area contributed by atoms with Crippen LogP contribution in [0.2, 0.25) is 0 Å². The van der Waals surface area contributed by atoms with Crippen LogP contribution in [0.3, 0.4) is 0 Å². The van der Waals surface area contributed by atoms with Crippen molar-refractivity contribution in [2.75, 3.05) is 5.75 Å². The number of aromatic amines is 1. The van der Waals surface area contributed by atoms with Crippen LogP contribution < -0.4 is 0 Å². The smallest absolute Gasteiger partial charge is 0.129 e. The first-order valence-electron chi connectivity index (χ1n) is 5.46. The summed E-state index contributed by atoms with van der Waals surface area (Å²) >= 11 is 1.79. The van der Waals surface area contributed by atoms with Crippen LogP contribution in [0.5, 0.6) is 0 Å². The number of nitriles is 1. The minimum absolute atomic E-state index is 0.314. The topological polar surface area (TPSA) is 52.5 Å². The zero-order chi connectivity index (χ0) is 12.1. The van der Waals surface area contributed by atoms with Gasteiger partial charge in [0.15, 0.2) is 0 Å². The third-order valence-corrected chi connectivity index (χ3v) is 3.34. The van der Waals surface area contributed by atoms with Crippen LogP contribution in [-0.4, -0.2) is 15.7 Å². The second-order valence-electron chi connectivity index (χ2n) is 3.54. The van der Waals surface area contributed by atoms with E-state index in [1.807, 2.05) is 12.1 Å². The maximum Gasteiger partial charge on any atom is 0.129 e. The number of aromatic nitrogens is 2. The summed E-state index contributed by atoms with van der Waals surface area (Å²) in [7, 11) is 0. The van der Waals surface area contributed by atoms with Gasteiger partial charge in [0.05, 0.1) is 6.07 Å². The summed E-state index contributed by atoms with van der Waals surface area (Å²) in [6, 6.07) is 10.4. The molecule has 0 radical (unpaired) electrons. The third kappa shape index (κ3) is 2.69. The fraction of sp³-hybridized carbons (Fsp3) is 0.231. The lowest BCUT2D eigenvalue weighted by atomic mass is 10.0. The molecule has 1 heterocycles. The molecule has 0 aliphatic rings. The molecule has 1 aromatic carbocycles. The standard InChI is InChI=1S/C13H13N3S/c1-2-17-11-5-3-10(4-6-11)12(9-14)13-15-7-8-16-13/h3-8,12H,2H2,1H3,(H,15,16). The van der Waals surface area contributed by atoms with E-state index in [4.69, 9.17) is 0 Å². The zero-order valence-corrected chi connectivity index (χ0v) is 10.4. The van der Waals surface area contributed by atoms with Gasteiger partial charge in [0.25, 0.3) is 0 Å². The van der Waals surface area contributed by atoms with Gasteiger partial charge in [0.2, 0.25) is 0 Å². The maximum atomic E-state index is 9.21. The molecule has 0 bridgehead atoms. The molecule has 0 saturated heterocycles. The molecule has 0 amide bonds. The van der Waals surface area contributed by atoms with E-state index in [0.29, 0.717) is 5.82 Å². The van der Waals surface area contributed by atoms with E-state index in [9.17, 15) is 5.26 Å². The van der Waals surface area contributed by atoms with E-state index in [-0.39, 0.29) is 5.92 Å². The number of nitrogens with zero attached hydrogens (tertiary/aromatic N) is 2. The fourth-order valence-electron chi connectivity index (χ4n) is 1.65. The van der Waals surface area contributed by atoms with Gasteiger partial charge < -0.3 is 4.98 Å². The van der Waals surface area contributed by atoms with E-state index >= 15 is 0 Å². The van der Waals surface area contributed by atoms with Crippen LogP contribution in [0.4, 0.5) is 0 Å². The highest BCUT2D eigenvalue weighted by Gasteiger charge is 2.15. The minimum Gasteiger partial charge on any atom is -0.347 e. The highest BCUT2D eigenvalue weighted by molar-refractivity contribution is 7.99. The van der Waals surface area contributed by atoms with Gasteiger partial charge >= 0.3 is 0 Å². The monoisotopic (exact) mass is 243 g/mol. The average molecular weight is 243 g/mol. The van der Waals surface area contributed by atoms with Crippen molar-refractivity contribution in [3.63, 3.8) is 0 Å². The summed E-state index contributed by atoms with van der Waals surface area (Å²) < 4.78 is 0. The first kappa shape index (κ1) is 11.7. The molecule has 0 fully saturated rings. The molecule has 2 rings (SSSR count). The summed E-state index contributed by atoms with van der Waals surface area (Å²) in [6.07, 6.45) is 3.40. The molecule has 3 nitrogen and oxygen atoms in total. The van der Waals surface area contributed by atoms with Gasteiger partial charge in [-0.25, -0.2) is 4.98 Å². The summed E-state index contributed by atoms with van der Waals surface area (Å²) in [5.74, 6) is 1.44. The normalized spacial score (nSPS) is 12.0. The van der Waals surface area contributed by atoms with Gasteiger partial charge in [-0.1, -0.05) is 19.1 Å². The van der Waals surface area contributed by atoms with Crippen molar-refractivity contribution in [3.8, 4) is 6.07 Å². The lowest BCUT2D eigenvalue weighted by Crippen LogP contribution is -2.00. The lowest BCUT2D eigenvalue weighted by Gasteiger charge is -2.07. The Hall–Kier alpha value is -1.73. The Labute approximate surface area is 105 Å². The predicted octanol–water partition coefficient (Wildman–Crippen LogP) is 3.18. The number of nitrogens with one attached hydrogen (secondary N) is 1. The molecule has 0 spiro atoms. The van der Waals surface area contributed by atoms with Crippen molar-refractivity contribution in [1.29, 1.82) is 5.26 Å². The van der Waals surface area contributed by atoms with Gasteiger partial charge in [-0.15, -0.1) is 11.8 Å². The van der Waals surface area contributed by atoms with Gasteiger partial charge in [-0.3, -0.25) is 0 Å². The van der Waals surface area contributed by atoms with Gasteiger partial charge in [0.1, 0.15) is 11.7 Å². The van der Waals surface area contributed by atoms with Crippen LogP contribution in [0.1, 0.15) is 24.2 Å². The molecule has 1 aromatic heterocycles. The van der Waals surface area contributed by atoms with E-state index in [1.165, 1.54) is 4.90 Å². The van der Waals surface area contributed by atoms with Crippen LogP contribution in [-0.2, 0) is 0 Å². The Balaban J connectivity index is 2.24. The Morgan fingerprint density at radius 1 is 1.41 bits per heavy atom. The van der Waals surface area contributed by atoms with E-state index < -0.39 is 0 Å². The van der Waals surface area contributed by atoms with Crippen molar-refractivity contribution in [1.82, 2.24) is 9.97 Å². The SMILES string of the molecule is CCSc1ccc(C(C#N)c2ncc[nH]2)cc1. The number of benzene rings is 1. The van der Waals surface area contributed by atoms with Crippen molar-refractivity contribution in [3.05, 3.63) is 48.0 Å². The number of H-pyrrole nitrogens is 1. The predicted molar refractivity (Wildman–Crippen MR) is 68.9 cm³/mol. The maximum absolute atomic E-state index is 9.21. The Kier molecular flexibility index (Phi) is 3.84. The summed E-state index contributed by atoms with van der Waals surface area (Å²) in [5.41, 5.74) is 0.975.